The normalized spacial score (nSPS) is 12.6. The first-order chi connectivity index (χ1) is 38.0. The number of nitrogens with one attached hydrogen (secondary N) is 1. The summed E-state index contributed by atoms with van der Waals surface area (Å²) >= 11 is 0. The van der Waals surface area contributed by atoms with E-state index < -0.39 is 12.1 Å². The Balaban J connectivity index is 3.32. The summed E-state index contributed by atoms with van der Waals surface area (Å²) in [5.41, 5.74) is 0. The third-order valence-electron chi connectivity index (χ3n) is 16.5. The molecule has 0 spiro atoms. The van der Waals surface area contributed by atoms with E-state index >= 15 is 0 Å². The average molecular weight is 1080 g/mol. The zero-order chi connectivity index (χ0) is 55.7. The topological polar surface area (TPSA) is 95.9 Å². The summed E-state index contributed by atoms with van der Waals surface area (Å²) in [4.78, 5) is 24.6. The highest BCUT2D eigenvalue weighted by Crippen LogP contribution is 2.19. The minimum absolute atomic E-state index is 0.0150. The number of unbranched alkanes of at least 4 members (excludes halogenated alkanes) is 51. The molecule has 0 fully saturated rings. The molecular weight excluding hydrogens is 947 g/mol. The van der Waals surface area contributed by atoms with Crippen molar-refractivity contribution in [1.82, 2.24) is 5.32 Å². The van der Waals surface area contributed by atoms with Crippen LogP contribution in [0.3, 0.4) is 0 Å². The molecule has 0 aliphatic heterocycles. The Morgan fingerprint density at radius 2 is 0.649 bits per heavy atom. The van der Waals surface area contributed by atoms with Crippen molar-refractivity contribution in [2.45, 2.75) is 405 Å². The largest absolute Gasteiger partial charge is 0.466 e. The molecule has 0 saturated heterocycles. The van der Waals surface area contributed by atoms with Gasteiger partial charge in [-0.1, -0.05) is 346 Å². The van der Waals surface area contributed by atoms with Crippen molar-refractivity contribution in [3.8, 4) is 0 Å². The molecule has 0 heterocycles. The molecule has 0 saturated carbocycles. The molecule has 456 valence electrons. The lowest BCUT2D eigenvalue weighted by molar-refractivity contribution is -0.143. The number of carbonyl (C=O) groups excluding carboxylic acids is 2. The SMILES string of the molecule is CCCCC/C=C\C/C=C\CCCCCCCCCCCC(=O)OCCCCCCCCCCCCCCCCCCCCCCCCCCCCCC(=O)NC(CO)C(O)CCCCCCCCCCCCCCCC. The van der Waals surface area contributed by atoms with Crippen LogP contribution < -0.4 is 5.32 Å². The van der Waals surface area contributed by atoms with Crippen molar-refractivity contribution in [2.75, 3.05) is 13.2 Å². The van der Waals surface area contributed by atoms with Crippen LogP contribution in [0, 0.1) is 0 Å². The maximum absolute atomic E-state index is 12.5. The summed E-state index contributed by atoms with van der Waals surface area (Å²) in [5.74, 6) is -0.0148. The number of aliphatic hydroxyl groups is 2. The molecule has 0 radical (unpaired) electrons. The van der Waals surface area contributed by atoms with Crippen molar-refractivity contribution in [3.05, 3.63) is 24.3 Å². The molecule has 1 amide bonds. The van der Waals surface area contributed by atoms with Gasteiger partial charge in [0.15, 0.2) is 0 Å². The van der Waals surface area contributed by atoms with Crippen LogP contribution in [0.15, 0.2) is 24.3 Å². The smallest absolute Gasteiger partial charge is 0.305 e. The molecule has 77 heavy (non-hydrogen) atoms. The maximum atomic E-state index is 12.5. The van der Waals surface area contributed by atoms with Gasteiger partial charge >= 0.3 is 5.97 Å². The molecular formula is C71H137NO5. The maximum Gasteiger partial charge on any atom is 0.305 e. The van der Waals surface area contributed by atoms with E-state index in [1.165, 1.54) is 308 Å². The van der Waals surface area contributed by atoms with Crippen LogP contribution >= 0.6 is 0 Å². The summed E-state index contributed by atoms with van der Waals surface area (Å²) < 4.78 is 5.51. The minimum atomic E-state index is -0.662. The van der Waals surface area contributed by atoms with Crippen LogP contribution in [0.25, 0.3) is 0 Å². The molecule has 0 aromatic heterocycles. The van der Waals surface area contributed by atoms with E-state index in [4.69, 9.17) is 4.74 Å². The molecule has 0 aliphatic carbocycles. The van der Waals surface area contributed by atoms with E-state index in [9.17, 15) is 19.8 Å². The number of ether oxygens (including phenoxy) is 1. The van der Waals surface area contributed by atoms with Gasteiger partial charge in [-0.15, -0.1) is 0 Å². The minimum Gasteiger partial charge on any atom is -0.466 e. The van der Waals surface area contributed by atoms with Crippen LogP contribution in [0.5, 0.6) is 0 Å². The van der Waals surface area contributed by atoms with Crippen molar-refractivity contribution in [2.24, 2.45) is 0 Å². The second-order valence-corrected chi connectivity index (χ2v) is 24.2. The fourth-order valence-electron chi connectivity index (χ4n) is 11.1. The number of carbonyl (C=O) groups is 2. The number of hydrogen-bond acceptors (Lipinski definition) is 5. The first kappa shape index (κ1) is 75.3. The van der Waals surface area contributed by atoms with Crippen LogP contribution in [0.1, 0.15) is 393 Å². The van der Waals surface area contributed by atoms with Crippen molar-refractivity contribution >= 4 is 11.9 Å². The third-order valence-corrected chi connectivity index (χ3v) is 16.5. The molecule has 2 atom stereocenters. The fourth-order valence-corrected chi connectivity index (χ4v) is 11.1. The summed E-state index contributed by atoms with van der Waals surface area (Å²) in [7, 11) is 0. The van der Waals surface area contributed by atoms with Crippen molar-refractivity contribution in [3.63, 3.8) is 0 Å². The van der Waals surface area contributed by atoms with E-state index in [1.807, 2.05) is 0 Å². The first-order valence-corrected chi connectivity index (χ1v) is 35.1. The van der Waals surface area contributed by atoms with E-state index in [2.05, 4.69) is 43.5 Å². The van der Waals surface area contributed by atoms with E-state index in [0.717, 1.165) is 51.4 Å². The third kappa shape index (κ3) is 63.4. The fraction of sp³-hybridized carbons (Fsp3) is 0.915. The standard InChI is InChI=1S/C71H137NO5/c1-3-5-7-9-11-13-15-17-19-20-30-34-37-41-45-49-53-57-61-65-71(76)77-66-62-58-54-50-46-42-38-35-32-29-27-25-23-21-22-24-26-28-31-33-36-40-44-48-52-56-60-64-70(75)72-68(67-73)69(74)63-59-55-51-47-43-39-18-16-14-12-10-8-6-4-2/h11,13,17,19,68-69,73-74H,3-10,12,14-16,18,20-67H2,1-2H3,(H,72,75)/b13-11-,19-17-. The molecule has 2 unspecified atom stereocenters. The van der Waals surface area contributed by atoms with Crippen molar-refractivity contribution in [1.29, 1.82) is 0 Å². The Kier molecular flexibility index (Phi) is 65.4. The van der Waals surface area contributed by atoms with Crippen LogP contribution in [0.2, 0.25) is 0 Å². The van der Waals surface area contributed by atoms with Gasteiger partial charge in [-0.2, -0.15) is 0 Å². The van der Waals surface area contributed by atoms with E-state index in [1.54, 1.807) is 0 Å². The Hall–Kier alpha value is -1.66. The predicted molar refractivity (Wildman–Crippen MR) is 338 cm³/mol. The average Bonchev–Trinajstić information content (AvgIpc) is 3.43. The monoisotopic (exact) mass is 1080 g/mol. The van der Waals surface area contributed by atoms with Gasteiger partial charge in [-0.25, -0.2) is 0 Å². The second-order valence-electron chi connectivity index (χ2n) is 24.2. The highest BCUT2D eigenvalue weighted by atomic mass is 16.5. The molecule has 6 nitrogen and oxygen atoms in total. The van der Waals surface area contributed by atoms with Gasteiger partial charge in [-0.05, 0) is 57.8 Å². The highest BCUT2D eigenvalue weighted by molar-refractivity contribution is 5.76. The number of esters is 1. The van der Waals surface area contributed by atoms with Crippen LogP contribution in [0.4, 0.5) is 0 Å². The molecule has 0 rings (SSSR count). The van der Waals surface area contributed by atoms with Crippen LogP contribution in [-0.4, -0.2) is 47.4 Å². The lowest BCUT2D eigenvalue weighted by atomic mass is 10.0. The lowest BCUT2D eigenvalue weighted by Crippen LogP contribution is -2.45. The van der Waals surface area contributed by atoms with Gasteiger partial charge in [0, 0.05) is 12.8 Å². The van der Waals surface area contributed by atoms with E-state index in [-0.39, 0.29) is 18.5 Å². The van der Waals surface area contributed by atoms with Gasteiger partial charge < -0.3 is 20.3 Å². The van der Waals surface area contributed by atoms with E-state index in [0.29, 0.717) is 25.9 Å². The second kappa shape index (κ2) is 66.8. The summed E-state index contributed by atoms with van der Waals surface area (Å²) in [6.45, 7) is 4.96. The number of aliphatic hydroxyl groups excluding tert-OH is 2. The first-order valence-electron chi connectivity index (χ1n) is 35.1. The molecule has 3 N–H and O–H groups in total. The summed E-state index contributed by atoms with van der Waals surface area (Å²) in [5, 5.41) is 23.3. The molecule has 6 heteroatoms. The summed E-state index contributed by atoms with van der Waals surface area (Å²) in [6, 6.07) is -0.539. The molecule has 0 aromatic rings. The Bertz CT molecular complexity index is 1200. The number of allylic oxidation sites excluding steroid dienone is 4. The Morgan fingerprint density at radius 3 is 1.01 bits per heavy atom. The van der Waals surface area contributed by atoms with Gasteiger partial charge in [0.25, 0.3) is 0 Å². The number of amides is 1. The van der Waals surface area contributed by atoms with Crippen LogP contribution in [-0.2, 0) is 14.3 Å². The zero-order valence-corrected chi connectivity index (χ0v) is 52.2. The number of hydrogen-bond donors (Lipinski definition) is 3. The summed E-state index contributed by atoms with van der Waals surface area (Å²) in [6.07, 6.45) is 83.7. The quantitative estimate of drug-likeness (QED) is 0.0320. The highest BCUT2D eigenvalue weighted by Gasteiger charge is 2.20. The molecule has 0 aromatic carbocycles. The Labute approximate surface area is 481 Å². The van der Waals surface area contributed by atoms with Gasteiger partial charge in [0.05, 0.1) is 25.4 Å². The van der Waals surface area contributed by atoms with Gasteiger partial charge in [0.2, 0.25) is 5.91 Å². The number of rotatable bonds is 66. The Morgan fingerprint density at radius 1 is 0.364 bits per heavy atom. The van der Waals surface area contributed by atoms with Gasteiger partial charge in [0.1, 0.15) is 0 Å². The predicted octanol–water partition coefficient (Wildman–Crippen LogP) is 22.5. The van der Waals surface area contributed by atoms with Gasteiger partial charge in [-0.3, -0.25) is 9.59 Å². The molecule has 0 bridgehead atoms. The zero-order valence-electron chi connectivity index (χ0n) is 52.2. The van der Waals surface area contributed by atoms with Crippen molar-refractivity contribution < 1.29 is 24.5 Å². The lowest BCUT2D eigenvalue weighted by Gasteiger charge is -2.22. The molecule has 0 aliphatic rings.